The van der Waals surface area contributed by atoms with E-state index in [0.29, 0.717) is 12.0 Å². The van der Waals surface area contributed by atoms with Crippen LogP contribution in [0.25, 0.3) is 0 Å². The number of aryl methyl sites for hydroxylation is 1. The summed E-state index contributed by atoms with van der Waals surface area (Å²) in [6, 6.07) is 24.8. The van der Waals surface area contributed by atoms with Crippen molar-refractivity contribution in [3.63, 3.8) is 0 Å². The van der Waals surface area contributed by atoms with Gasteiger partial charge in [0.1, 0.15) is 11.5 Å². The molecule has 0 saturated carbocycles. The summed E-state index contributed by atoms with van der Waals surface area (Å²) in [5, 5.41) is -0.269. The van der Waals surface area contributed by atoms with Crippen LogP contribution in [0.3, 0.4) is 0 Å². The van der Waals surface area contributed by atoms with Crippen molar-refractivity contribution in [2.24, 2.45) is 0 Å². The van der Waals surface area contributed by atoms with Gasteiger partial charge in [-0.15, -0.1) is 11.6 Å². The van der Waals surface area contributed by atoms with E-state index < -0.39 is 0 Å². The fourth-order valence-corrected chi connectivity index (χ4v) is 3.59. The molecule has 0 radical (unpaired) electrons. The first-order chi connectivity index (χ1) is 14.6. The molecule has 0 amide bonds. The molecule has 3 aromatic carbocycles. The van der Waals surface area contributed by atoms with Crippen LogP contribution in [0.5, 0.6) is 5.75 Å². The van der Waals surface area contributed by atoms with E-state index >= 15 is 0 Å². The van der Waals surface area contributed by atoms with Crippen LogP contribution in [0.4, 0.5) is 0 Å². The number of alkyl halides is 1. The Morgan fingerprint density at radius 2 is 1.50 bits per heavy atom. The molecule has 3 rings (SSSR count). The first-order valence-corrected chi connectivity index (χ1v) is 10.5. The van der Waals surface area contributed by atoms with Crippen LogP contribution in [0.1, 0.15) is 51.7 Å². The Balaban J connectivity index is 1.48. The first kappa shape index (κ1) is 21.8. The molecule has 0 fully saturated rings. The predicted molar refractivity (Wildman–Crippen MR) is 120 cm³/mol. The topological polar surface area (TPSA) is 43.4 Å². The van der Waals surface area contributed by atoms with E-state index in [2.05, 4.69) is 0 Å². The number of benzene rings is 3. The fourth-order valence-electron chi connectivity index (χ4n) is 3.30. The lowest BCUT2D eigenvalue weighted by Gasteiger charge is -2.11. The van der Waals surface area contributed by atoms with Gasteiger partial charge in [0.2, 0.25) is 0 Å². The SMILES string of the molecule is COc1ccc(CCCC(=O)CC(=O)c2ccc(C(Cl)c3ccccc3)cc2)cc1. The third kappa shape index (κ3) is 6.04. The van der Waals surface area contributed by atoms with Gasteiger partial charge >= 0.3 is 0 Å². The summed E-state index contributed by atoms with van der Waals surface area (Å²) >= 11 is 6.53. The molecule has 3 nitrogen and oxygen atoms in total. The smallest absolute Gasteiger partial charge is 0.170 e. The number of hydrogen-bond acceptors (Lipinski definition) is 3. The zero-order valence-corrected chi connectivity index (χ0v) is 17.8. The molecule has 1 atom stereocenters. The highest BCUT2D eigenvalue weighted by Crippen LogP contribution is 2.28. The number of hydrogen-bond donors (Lipinski definition) is 0. The maximum absolute atomic E-state index is 12.4. The van der Waals surface area contributed by atoms with Crippen molar-refractivity contribution in [2.75, 3.05) is 7.11 Å². The van der Waals surface area contributed by atoms with Crippen molar-refractivity contribution < 1.29 is 14.3 Å². The largest absolute Gasteiger partial charge is 0.497 e. The van der Waals surface area contributed by atoms with Crippen LogP contribution in [-0.4, -0.2) is 18.7 Å². The Kier molecular flexibility index (Phi) is 7.81. The fraction of sp³-hybridized carbons (Fsp3) is 0.231. The highest BCUT2D eigenvalue weighted by molar-refractivity contribution is 6.22. The molecule has 30 heavy (non-hydrogen) atoms. The third-order valence-corrected chi connectivity index (χ3v) is 5.56. The second kappa shape index (κ2) is 10.7. The highest BCUT2D eigenvalue weighted by Gasteiger charge is 2.14. The van der Waals surface area contributed by atoms with Gasteiger partial charge in [0, 0.05) is 12.0 Å². The summed E-state index contributed by atoms with van der Waals surface area (Å²) in [4.78, 5) is 24.7. The van der Waals surface area contributed by atoms with Crippen LogP contribution >= 0.6 is 11.6 Å². The third-order valence-electron chi connectivity index (χ3n) is 5.06. The summed E-state index contributed by atoms with van der Waals surface area (Å²) in [5.41, 5.74) is 3.62. The molecular weight excluding hydrogens is 396 g/mol. The molecule has 0 saturated heterocycles. The van der Waals surface area contributed by atoms with E-state index in [0.717, 1.165) is 35.3 Å². The molecule has 154 valence electrons. The number of halogens is 1. The number of carbonyl (C=O) groups is 2. The maximum atomic E-state index is 12.4. The van der Waals surface area contributed by atoms with Gasteiger partial charge in [-0.25, -0.2) is 0 Å². The summed E-state index contributed by atoms with van der Waals surface area (Å²) in [5.74, 6) is 0.634. The zero-order valence-electron chi connectivity index (χ0n) is 17.0. The van der Waals surface area contributed by atoms with Crippen LogP contribution < -0.4 is 4.74 Å². The van der Waals surface area contributed by atoms with Crippen LogP contribution in [0.2, 0.25) is 0 Å². The first-order valence-electron chi connectivity index (χ1n) is 10.0. The molecule has 0 aliphatic rings. The van der Waals surface area contributed by atoms with Gasteiger partial charge in [0.25, 0.3) is 0 Å². The van der Waals surface area contributed by atoms with Crippen LogP contribution in [0, 0.1) is 0 Å². The summed E-state index contributed by atoms with van der Waals surface area (Å²) < 4.78 is 5.14. The minimum atomic E-state index is -0.269. The molecule has 0 bridgehead atoms. The Bertz CT molecular complexity index is 963. The quantitative estimate of drug-likeness (QED) is 0.223. The number of methoxy groups -OCH3 is 1. The van der Waals surface area contributed by atoms with Crippen LogP contribution in [0.15, 0.2) is 78.9 Å². The van der Waals surface area contributed by atoms with Crippen molar-refractivity contribution in [1.29, 1.82) is 0 Å². The molecule has 3 aromatic rings. The van der Waals surface area contributed by atoms with Crippen molar-refractivity contribution in [1.82, 2.24) is 0 Å². The number of ether oxygens (including phenoxy) is 1. The second-order valence-corrected chi connectivity index (χ2v) is 7.67. The molecule has 0 N–H and O–H groups in total. The molecule has 0 heterocycles. The number of ketones is 2. The van der Waals surface area contributed by atoms with E-state index in [1.165, 1.54) is 0 Å². The number of rotatable bonds is 10. The van der Waals surface area contributed by atoms with E-state index in [1.807, 2.05) is 66.7 Å². The zero-order chi connectivity index (χ0) is 21.3. The standard InChI is InChI=1S/C26H25ClO3/c1-30-24-16-10-19(11-17-24)6-5-9-23(28)18-25(29)20-12-14-22(15-13-20)26(27)21-7-3-2-4-8-21/h2-4,7-8,10-17,26H,5-6,9,18H2,1H3. The van der Waals surface area contributed by atoms with Crippen molar-refractivity contribution >= 4 is 23.2 Å². The van der Waals surface area contributed by atoms with E-state index in [1.54, 1.807) is 19.2 Å². The van der Waals surface area contributed by atoms with Gasteiger partial charge in [-0.1, -0.05) is 66.7 Å². The second-order valence-electron chi connectivity index (χ2n) is 7.24. The van der Waals surface area contributed by atoms with Crippen molar-refractivity contribution in [2.45, 2.75) is 31.1 Å². The van der Waals surface area contributed by atoms with E-state index in [-0.39, 0.29) is 23.4 Å². The van der Waals surface area contributed by atoms with Crippen molar-refractivity contribution in [3.05, 3.63) is 101 Å². The number of carbonyl (C=O) groups excluding carboxylic acids is 2. The molecule has 0 aliphatic heterocycles. The normalized spacial score (nSPS) is 11.7. The average molecular weight is 421 g/mol. The van der Waals surface area contributed by atoms with Crippen LogP contribution in [-0.2, 0) is 11.2 Å². The van der Waals surface area contributed by atoms with E-state index in [4.69, 9.17) is 16.3 Å². The molecule has 0 aromatic heterocycles. The molecule has 0 spiro atoms. The Morgan fingerprint density at radius 3 is 2.13 bits per heavy atom. The van der Waals surface area contributed by atoms with Crippen molar-refractivity contribution in [3.8, 4) is 5.75 Å². The monoisotopic (exact) mass is 420 g/mol. The van der Waals surface area contributed by atoms with Gasteiger partial charge in [-0.05, 0) is 41.7 Å². The minimum absolute atomic E-state index is 0.0305. The minimum Gasteiger partial charge on any atom is -0.497 e. The van der Waals surface area contributed by atoms with Gasteiger partial charge in [0.05, 0.1) is 18.9 Å². The summed E-state index contributed by atoms with van der Waals surface area (Å²) in [6.07, 6.45) is 1.86. The summed E-state index contributed by atoms with van der Waals surface area (Å²) in [6.45, 7) is 0. The lowest BCUT2D eigenvalue weighted by molar-refractivity contribution is -0.118. The molecule has 0 aliphatic carbocycles. The maximum Gasteiger partial charge on any atom is 0.170 e. The summed E-state index contributed by atoms with van der Waals surface area (Å²) in [7, 11) is 1.63. The number of Topliss-reactive ketones (excluding diaryl/α,β-unsaturated/α-hetero) is 2. The van der Waals surface area contributed by atoms with Gasteiger partial charge in [-0.2, -0.15) is 0 Å². The molecule has 1 unspecified atom stereocenters. The molecular formula is C26H25ClO3. The van der Waals surface area contributed by atoms with Gasteiger partial charge < -0.3 is 4.74 Å². The molecule has 4 heteroatoms. The Hall–Kier alpha value is -2.91. The average Bonchev–Trinajstić information content (AvgIpc) is 2.79. The Morgan fingerprint density at radius 1 is 0.867 bits per heavy atom. The van der Waals surface area contributed by atoms with Gasteiger partial charge in [0.15, 0.2) is 5.78 Å². The Labute approximate surface area is 182 Å². The lowest BCUT2D eigenvalue weighted by Crippen LogP contribution is -2.08. The van der Waals surface area contributed by atoms with Gasteiger partial charge in [-0.3, -0.25) is 9.59 Å². The highest BCUT2D eigenvalue weighted by atomic mass is 35.5. The van der Waals surface area contributed by atoms with E-state index in [9.17, 15) is 9.59 Å². The predicted octanol–water partition coefficient (Wildman–Crippen LogP) is 6.19. The lowest BCUT2D eigenvalue weighted by atomic mass is 9.99.